The van der Waals surface area contributed by atoms with Crippen molar-refractivity contribution in [3.63, 3.8) is 0 Å². The summed E-state index contributed by atoms with van der Waals surface area (Å²) in [5, 5.41) is 10.5. The van der Waals surface area contributed by atoms with Gasteiger partial charge >= 0.3 is 0 Å². The van der Waals surface area contributed by atoms with Crippen LogP contribution in [0.3, 0.4) is 0 Å². The van der Waals surface area contributed by atoms with Crippen molar-refractivity contribution in [2.75, 3.05) is 7.11 Å². The minimum atomic E-state index is -0.414. The average Bonchev–Trinajstić information content (AvgIpc) is 2.54. The Morgan fingerprint density at radius 2 is 1.57 bits per heavy atom. The van der Waals surface area contributed by atoms with Crippen molar-refractivity contribution >= 4 is 0 Å². The Morgan fingerprint density at radius 3 is 2.05 bits per heavy atom. The lowest BCUT2D eigenvalue weighted by Gasteiger charge is -2.31. The van der Waals surface area contributed by atoms with Crippen molar-refractivity contribution in [3.05, 3.63) is 29.8 Å². The van der Waals surface area contributed by atoms with E-state index in [0.29, 0.717) is 12.5 Å². The lowest BCUT2D eigenvalue weighted by atomic mass is 9.89. The Morgan fingerprint density at radius 1 is 1.00 bits per heavy atom. The second kappa shape index (κ2) is 9.06. The maximum absolute atomic E-state index is 10.5. The molecule has 0 bridgehead atoms. The fourth-order valence-electron chi connectivity index (χ4n) is 2.31. The molecule has 1 aromatic carbocycles. The second-order valence-corrected chi connectivity index (χ2v) is 5.89. The summed E-state index contributed by atoms with van der Waals surface area (Å²) in [6.07, 6.45) is 1.43. The highest BCUT2D eigenvalue weighted by atomic mass is 16.5. The third kappa shape index (κ3) is 5.33. The van der Waals surface area contributed by atoms with E-state index >= 15 is 0 Å². The quantitative estimate of drug-likeness (QED) is 0.747. The summed E-state index contributed by atoms with van der Waals surface area (Å²) in [6, 6.07) is 7.87. The molecule has 0 amide bonds. The van der Waals surface area contributed by atoms with Crippen LogP contribution in [0.1, 0.15) is 46.1 Å². The van der Waals surface area contributed by atoms with E-state index in [1.54, 1.807) is 7.11 Å². The van der Waals surface area contributed by atoms with Crippen LogP contribution in [0.4, 0.5) is 0 Å². The van der Waals surface area contributed by atoms with Gasteiger partial charge in [-0.15, -0.1) is 0 Å². The number of hydrogen-bond acceptors (Lipinski definition) is 3. The standard InChI is InChI=1S/C18H30O3/c1-6-13(3)17(19)18(14(4)7-2)21-12-15-8-10-16(20-5)11-9-15/h8-11,13-14,17-19H,6-7,12H2,1-5H3/t13?,14?,17-,18-/m1/s1. The molecule has 120 valence electrons. The van der Waals surface area contributed by atoms with Gasteiger partial charge in [-0.25, -0.2) is 0 Å². The second-order valence-electron chi connectivity index (χ2n) is 5.89. The molecular formula is C18H30O3. The fraction of sp³-hybridized carbons (Fsp3) is 0.667. The first kappa shape index (κ1) is 18.0. The molecule has 3 nitrogen and oxygen atoms in total. The molecule has 21 heavy (non-hydrogen) atoms. The maximum Gasteiger partial charge on any atom is 0.118 e. The third-order valence-corrected chi connectivity index (χ3v) is 4.37. The molecule has 4 atom stereocenters. The predicted molar refractivity (Wildman–Crippen MR) is 86.5 cm³/mol. The van der Waals surface area contributed by atoms with Crippen molar-refractivity contribution in [2.45, 2.75) is 59.4 Å². The Kier molecular flexibility index (Phi) is 7.76. The maximum atomic E-state index is 10.5. The van der Waals surface area contributed by atoms with Crippen LogP contribution in [0.2, 0.25) is 0 Å². The van der Waals surface area contributed by atoms with Crippen LogP contribution >= 0.6 is 0 Å². The van der Waals surface area contributed by atoms with Crippen molar-refractivity contribution in [3.8, 4) is 5.75 Å². The molecule has 0 aliphatic heterocycles. The Labute approximate surface area is 129 Å². The molecule has 0 saturated heterocycles. The van der Waals surface area contributed by atoms with Crippen LogP contribution in [-0.4, -0.2) is 24.4 Å². The Bertz CT molecular complexity index is 388. The third-order valence-electron chi connectivity index (χ3n) is 4.37. The first-order valence-electron chi connectivity index (χ1n) is 7.96. The van der Waals surface area contributed by atoms with Gasteiger partial charge in [-0.3, -0.25) is 0 Å². The van der Waals surface area contributed by atoms with Crippen LogP contribution in [0.5, 0.6) is 5.75 Å². The zero-order chi connectivity index (χ0) is 15.8. The predicted octanol–water partition coefficient (Wildman–Crippen LogP) is 4.03. The smallest absolute Gasteiger partial charge is 0.118 e. The zero-order valence-corrected chi connectivity index (χ0v) is 14.0. The number of aliphatic hydroxyl groups excluding tert-OH is 1. The Balaban J connectivity index is 2.67. The summed E-state index contributed by atoms with van der Waals surface area (Å²) in [6.45, 7) is 8.98. The van der Waals surface area contributed by atoms with Gasteiger partial charge in [-0.1, -0.05) is 52.7 Å². The molecule has 0 fully saturated rings. The van der Waals surface area contributed by atoms with Gasteiger partial charge in [-0.05, 0) is 29.5 Å². The number of methoxy groups -OCH3 is 1. The number of rotatable bonds is 9. The zero-order valence-electron chi connectivity index (χ0n) is 14.0. The number of ether oxygens (including phenoxy) is 2. The van der Waals surface area contributed by atoms with Gasteiger partial charge < -0.3 is 14.6 Å². The molecule has 0 aliphatic carbocycles. The number of benzene rings is 1. The number of aliphatic hydroxyl groups is 1. The molecular weight excluding hydrogens is 264 g/mol. The molecule has 0 saturated carbocycles. The normalized spacial score (nSPS) is 17.0. The number of hydrogen-bond donors (Lipinski definition) is 1. The highest BCUT2D eigenvalue weighted by molar-refractivity contribution is 5.26. The highest BCUT2D eigenvalue weighted by Crippen LogP contribution is 2.23. The van der Waals surface area contributed by atoms with Gasteiger partial charge in [-0.2, -0.15) is 0 Å². The first-order valence-corrected chi connectivity index (χ1v) is 7.96. The van der Waals surface area contributed by atoms with Gasteiger partial charge in [0.1, 0.15) is 5.75 Å². The van der Waals surface area contributed by atoms with E-state index in [2.05, 4.69) is 27.7 Å². The van der Waals surface area contributed by atoms with Gasteiger partial charge in [0.2, 0.25) is 0 Å². The van der Waals surface area contributed by atoms with Crippen molar-refractivity contribution in [1.82, 2.24) is 0 Å². The van der Waals surface area contributed by atoms with Crippen LogP contribution in [0, 0.1) is 11.8 Å². The topological polar surface area (TPSA) is 38.7 Å². The van der Waals surface area contributed by atoms with E-state index in [4.69, 9.17) is 9.47 Å². The molecule has 2 unspecified atom stereocenters. The summed E-state index contributed by atoms with van der Waals surface area (Å²) in [7, 11) is 1.66. The molecule has 0 radical (unpaired) electrons. The molecule has 0 aromatic heterocycles. The van der Waals surface area contributed by atoms with E-state index in [1.165, 1.54) is 0 Å². The van der Waals surface area contributed by atoms with E-state index in [0.717, 1.165) is 24.2 Å². The lowest BCUT2D eigenvalue weighted by Crippen LogP contribution is -2.38. The van der Waals surface area contributed by atoms with Crippen molar-refractivity contribution in [2.24, 2.45) is 11.8 Å². The molecule has 1 rings (SSSR count). The SMILES string of the molecule is CCC(C)[C@@H](O)[C@H](OCc1ccc(OC)cc1)C(C)CC. The van der Waals surface area contributed by atoms with Gasteiger partial charge in [0.25, 0.3) is 0 Å². The summed E-state index contributed by atoms with van der Waals surface area (Å²) < 4.78 is 11.2. The van der Waals surface area contributed by atoms with Crippen LogP contribution in [-0.2, 0) is 11.3 Å². The molecule has 0 aliphatic rings. The molecule has 1 aromatic rings. The summed E-state index contributed by atoms with van der Waals surface area (Å²) >= 11 is 0. The largest absolute Gasteiger partial charge is 0.497 e. The summed E-state index contributed by atoms with van der Waals surface area (Å²) in [5.74, 6) is 1.43. The van der Waals surface area contributed by atoms with E-state index in [9.17, 15) is 5.11 Å². The van der Waals surface area contributed by atoms with Crippen LogP contribution in [0.15, 0.2) is 24.3 Å². The molecule has 3 heteroatoms. The summed E-state index contributed by atoms with van der Waals surface area (Å²) in [4.78, 5) is 0. The molecule has 1 N–H and O–H groups in total. The molecule has 0 spiro atoms. The Hall–Kier alpha value is -1.06. The van der Waals surface area contributed by atoms with E-state index in [1.807, 2.05) is 24.3 Å². The highest BCUT2D eigenvalue weighted by Gasteiger charge is 2.28. The molecule has 0 heterocycles. The van der Waals surface area contributed by atoms with E-state index in [-0.39, 0.29) is 12.0 Å². The van der Waals surface area contributed by atoms with Crippen LogP contribution in [0.25, 0.3) is 0 Å². The average molecular weight is 294 g/mol. The van der Waals surface area contributed by atoms with Gasteiger partial charge in [0, 0.05) is 0 Å². The minimum absolute atomic E-state index is 0.118. The van der Waals surface area contributed by atoms with Crippen molar-refractivity contribution in [1.29, 1.82) is 0 Å². The van der Waals surface area contributed by atoms with Gasteiger partial charge in [0.05, 0.1) is 25.9 Å². The lowest BCUT2D eigenvalue weighted by molar-refractivity contribution is -0.0923. The van der Waals surface area contributed by atoms with Crippen LogP contribution < -0.4 is 4.74 Å². The van der Waals surface area contributed by atoms with Gasteiger partial charge in [0.15, 0.2) is 0 Å². The summed E-state index contributed by atoms with van der Waals surface area (Å²) in [5.41, 5.74) is 1.10. The monoisotopic (exact) mass is 294 g/mol. The minimum Gasteiger partial charge on any atom is -0.497 e. The van der Waals surface area contributed by atoms with E-state index < -0.39 is 6.10 Å². The fourth-order valence-corrected chi connectivity index (χ4v) is 2.31. The first-order chi connectivity index (χ1) is 10.0. The van der Waals surface area contributed by atoms with Crippen molar-refractivity contribution < 1.29 is 14.6 Å².